The van der Waals surface area contributed by atoms with E-state index in [-0.39, 0.29) is 17.0 Å². The molecule has 0 aromatic carbocycles. The Hall–Kier alpha value is -2.39. The normalized spacial score (nSPS) is 23.9. The molecule has 118 valence electrons. The van der Waals surface area contributed by atoms with Gasteiger partial charge in [0.05, 0.1) is 6.20 Å². The number of nitrogens with zero attached hydrogens (tertiary/aromatic N) is 3. The van der Waals surface area contributed by atoms with Gasteiger partial charge in [-0.3, -0.25) is 9.69 Å². The summed E-state index contributed by atoms with van der Waals surface area (Å²) in [5, 5.41) is 9.28. The van der Waals surface area contributed by atoms with Gasteiger partial charge in [0, 0.05) is 11.3 Å². The van der Waals surface area contributed by atoms with Crippen LogP contribution in [0.15, 0.2) is 35.9 Å². The van der Waals surface area contributed by atoms with Crippen LogP contribution in [-0.2, 0) is 16.1 Å². The van der Waals surface area contributed by atoms with Gasteiger partial charge in [0.1, 0.15) is 29.2 Å². The predicted molar refractivity (Wildman–Crippen MR) is 82.0 cm³/mol. The van der Waals surface area contributed by atoms with Crippen molar-refractivity contribution in [2.75, 3.05) is 5.75 Å². The van der Waals surface area contributed by atoms with E-state index in [4.69, 9.17) is 5.73 Å². The van der Waals surface area contributed by atoms with Crippen molar-refractivity contribution in [2.24, 2.45) is 5.73 Å². The molecule has 0 bridgehead atoms. The predicted octanol–water partition coefficient (Wildman–Crippen LogP) is -0.568. The molecule has 2 aliphatic heterocycles. The number of hydrogen-bond donors (Lipinski definition) is 3. The number of aliphatic carboxylic acids is 1. The Morgan fingerprint density at radius 1 is 1.61 bits per heavy atom. The molecule has 1 unspecified atom stereocenters. The maximum Gasteiger partial charge on any atom is 0.352 e. The van der Waals surface area contributed by atoms with Gasteiger partial charge in [0.2, 0.25) is 12.2 Å². The summed E-state index contributed by atoms with van der Waals surface area (Å²) < 4.78 is 1.87. The summed E-state index contributed by atoms with van der Waals surface area (Å²) in [6, 6.07) is 3.15. The number of amides is 1. The highest BCUT2D eigenvalue weighted by Crippen LogP contribution is 2.39. The number of nitrogens with two attached hydrogens (primary N) is 1. The van der Waals surface area contributed by atoms with E-state index < -0.39 is 12.0 Å². The first kappa shape index (κ1) is 14.2. The van der Waals surface area contributed by atoms with E-state index in [1.807, 2.05) is 22.9 Å². The average Bonchev–Trinajstić information content (AvgIpc) is 3.03. The van der Waals surface area contributed by atoms with Gasteiger partial charge in [-0.05, 0) is 17.1 Å². The molecule has 1 fully saturated rings. The lowest BCUT2D eigenvalue weighted by molar-refractivity contribution is -0.664. The van der Waals surface area contributed by atoms with Crippen molar-refractivity contribution in [1.29, 1.82) is 0 Å². The number of nitrogens with one attached hydrogen (secondary N) is 1. The van der Waals surface area contributed by atoms with Gasteiger partial charge >= 0.3 is 11.6 Å². The van der Waals surface area contributed by atoms with Crippen molar-refractivity contribution >= 4 is 34.8 Å². The second kappa shape index (κ2) is 5.07. The number of H-pyrrole nitrogens is 1. The highest BCUT2D eigenvalue weighted by molar-refractivity contribution is 8.00. The fourth-order valence-electron chi connectivity index (χ4n) is 3.00. The van der Waals surface area contributed by atoms with Crippen molar-refractivity contribution in [2.45, 2.75) is 18.0 Å². The third-order valence-electron chi connectivity index (χ3n) is 4.10. The SMILES string of the molecule is NC1C(=O)N2C(C(=O)O)=C(C[n+]3cccc4[nH]cnc43)CS[C@@H]12. The smallest absolute Gasteiger partial charge is 0.352 e. The number of carbonyl (C=O) groups is 2. The Morgan fingerprint density at radius 2 is 2.43 bits per heavy atom. The standard InChI is InChI=1S/C14H13N5O3S/c15-9-12(20)19-10(14(21)22)7(5-23-13(9)19)4-18-3-1-2-8-11(18)17-6-16-8/h1-3,6,9,13H,4-5,15H2,(H,21,22)/p+1/t9?,13-/m0/s1. The summed E-state index contributed by atoms with van der Waals surface area (Å²) in [5.41, 5.74) is 8.09. The van der Waals surface area contributed by atoms with Gasteiger partial charge in [-0.25, -0.2) is 9.36 Å². The number of aromatic amines is 1. The molecule has 9 heteroatoms. The highest BCUT2D eigenvalue weighted by Gasteiger charge is 2.51. The number of pyridine rings is 1. The Labute approximate surface area is 135 Å². The van der Waals surface area contributed by atoms with Gasteiger partial charge in [-0.1, -0.05) is 0 Å². The fraction of sp³-hybridized carbons (Fsp3) is 0.286. The zero-order chi connectivity index (χ0) is 16.1. The van der Waals surface area contributed by atoms with Gasteiger partial charge in [0.25, 0.3) is 0 Å². The minimum atomic E-state index is -1.10. The van der Waals surface area contributed by atoms with Gasteiger partial charge in [-0.15, -0.1) is 11.8 Å². The van der Waals surface area contributed by atoms with Gasteiger partial charge < -0.3 is 15.8 Å². The van der Waals surface area contributed by atoms with Crippen molar-refractivity contribution in [3.8, 4) is 0 Å². The lowest BCUT2D eigenvalue weighted by atomic mass is 10.0. The van der Waals surface area contributed by atoms with Crippen LogP contribution in [0.1, 0.15) is 0 Å². The number of carboxylic acids is 1. The molecule has 0 aliphatic carbocycles. The second-order valence-corrected chi connectivity index (χ2v) is 6.57. The van der Waals surface area contributed by atoms with Crippen LogP contribution in [0.5, 0.6) is 0 Å². The minimum absolute atomic E-state index is 0.0560. The van der Waals surface area contributed by atoms with Crippen molar-refractivity contribution in [3.05, 3.63) is 35.9 Å². The summed E-state index contributed by atoms with van der Waals surface area (Å²) in [4.78, 5) is 32.2. The number of β-lactam (4-membered cyclic amide) rings is 1. The summed E-state index contributed by atoms with van der Waals surface area (Å²) >= 11 is 1.50. The van der Waals surface area contributed by atoms with Crippen molar-refractivity contribution in [3.63, 3.8) is 0 Å². The monoisotopic (exact) mass is 332 g/mol. The molecule has 2 aromatic heterocycles. The van der Waals surface area contributed by atoms with E-state index in [2.05, 4.69) is 9.97 Å². The molecule has 1 amide bonds. The number of hydrogen-bond acceptors (Lipinski definition) is 5. The van der Waals surface area contributed by atoms with Gasteiger partial charge in [0.15, 0.2) is 0 Å². The van der Waals surface area contributed by atoms with Crippen LogP contribution >= 0.6 is 11.8 Å². The molecule has 4 heterocycles. The van der Waals surface area contributed by atoms with Gasteiger partial charge in [-0.2, -0.15) is 0 Å². The summed E-state index contributed by atoms with van der Waals surface area (Å²) in [6.45, 7) is 0.364. The zero-order valence-corrected chi connectivity index (χ0v) is 12.8. The Kier molecular flexibility index (Phi) is 3.13. The van der Waals surface area contributed by atoms with Crippen LogP contribution in [0.2, 0.25) is 0 Å². The highest BCUT2D eigenvalue weighted by atomic mass is 32.2. The summed E-state index contributed by atoms with van der Waals surface area (Å²) in [5.74, 6) is -0.905. The Bertz CT molecular complexity index is 861. The number of carbonyl (C=O) groups excluding carboxylic acids is 1. The first-order valence-corrected chi connectivity index (χ1v) is 8.10. The lowest BCUT2D eigenvalue weighted by Crippen LogP contribution is -2.68. The van der Waals surface area contributed by atoms with Crippen LogP contribution in [0.4, 0.5) is 0 Å². The van der Waals surface area contributed by atoms with E-state index in [1.54, 1.807) is 6.33 Å². The lowest BCUT2D eigenvalue weighted by Gasteiger charge is -2.47. The fourth-order valence-corrected chi connectivity index (χ4v) is 4.28. The molecular weight excluding hydrogens is 318 g/mol. The summed E-state index contributed by atoms with van der Waals surface area (Å²) in [6.07, 6.45) is 3.44. The van der Waals surface area contributed by atoms with E-state index in [0.717, 1.165) is 11.2 Å². The molecule has 0 radical (unpaired) electrons. The van der Waals surface area contributed by atoms with Crippen molar-refractivity contribution in [1.82, 2.24) is 14.9 Å². The zero-order valence-electron chi connectivity index (χ0n) is 12.0. The number of rotatable bonds is 3. The number of imidazole rings is 1. The molecule has 8 nitrogen and oxygen atoms in total. The first-order chi connectivity index (χ1) is 11.1. The maximum absolute atomic E-state index is 11.9. The van der Waals surface area contributed by atoms with Crippen LogP contribution in [-0.4, -0.2) is 49.0 Å². The largest absolute Gasteiger partial charge is 0.477 e. The molecule has 4 N–H and O–H groups in total. The molecule has 4 rings (SSSR count). The van der Waals surface area contributed by atoms with Crippen LogP contribution in [0.3, 0.4) is 0 Å². The maximum atomic E-state index is 11.9. The number of fused-ring (bicyclic) bond motifs is 2. The van der Waals surface area contributed by atoms with E-state index in [1.165, 1.54) is 16.7 Å². The molecule has 1 saturated heterocycles. The van der Waals surface area contributed by atoms with Crippen molar-refractivity contribution < 1.29 is 19.3 Å². The number of aromatic nitrogens is 3. The minimum Gasteiger partial charge on any atom is -0.477 e. The third kappa shape index (κ3) is 2.04. The van der Waals surface area contributed by atoms with Crippen LogP contribution in [0, 0.1) is 0 Å². The molecule has 0 saturated carbocycles. The summed E-state index contributed by atoms with van der Waals surface area (Å²) in [7, 11) is 0. The number of thioether (sulfide) groups is 1. The molecule has 0 spiro atoms. The molecule has 2 atom stereocenters. The molecule has 23 heavy (non-hydrogen) atoms. The molecular formula is C14H14N5O3S+. The third-order valence-corrected chi connectivity index (χ3v) is 5.46. The second-order valence-electron chi connectivity index (χ2n) is 5.47. The van der Waals surface area contributed by atoms with Crippen LogP contribution in [0.25, 0.3) is 11.2 Å². The quantitative estimate of drug-likeness (QED) is 0.512. The topological polar surface area (TPSA) is 116 Å². The Morgan fingerprint density at radius 3 is 3.22 bits per heavy atom. The van der Waals surface area contributed by atoms with E-state index >= 15 is 0 Å². The Balaban J connectivity index is 1.76. The average molecular weight is 332 g/mol. The van der Waals surface area contributed by atoms with Crippen LogP contribution < -0.4 is 10.3 Å². The number of carboxylic acid groups (broad SMARTS) is 1. The van der Waals surface area contributed by atoms with E-state index in [9.17, 15) is 14.7 Å². The molecule has 2 aromatic rings. The molecule has 2 aliphatic rings. The van der Waals surface area contributed by atoms with E-state index in [0.29, 0.717) is 17.9 Å². The first-order valence-electron chi connectivity index (χ1n) is 7.05.